The van der Waals surface area contributed by atoms with Crippen LogP contribution < -0.4 is 4.74 Å². The van der Waals surface area contributed by atoms with Crippen molar-refractivity contribution in [1.82, 2.24) is 0 Å². The Hall–Kier alpha value is -1.72. The molecular weight excluding hydrogens is 260 g/mol. The first-order valence-electron chi connectivity index (χ1n) is 5.20. The van der Waals surface area contributed by atoms with E-state index in [1.54, 1.807) is 19.2 Å². The van der Waals surface area contributed by atoms with Crippen molar-refractivity contribution in [2.45, 2.75) is 0 Å². The molecule has 0 aliphatic heterocycles. The zero-order chi connectivity index (χ0) is 13.1. The van der Waals surface area contributed by atoms with Crippen molar-refractivity contribution in [1.29, 1.82) is 0 Å². The largest absolute Gasteiger partial charge is 0.489 e. The van der Waals surface area contributed by atoms with E-state index < -0.39 is 5.97 Å². The Balaban J connectivity index is 2.32. The maximum atomic E-state index is 10.8. The lowest BCUT2D eigenvalue weighted by atomic mass is 10.2. The molecule has 96 valence electrons. The van der Waals surface area contributed by atoms with E-state index in [1.807, 2.05) is 0 Å². The molecule has 0 fully saturated rings. The molecule has 1 aromatic carbocycles. The molecule has 2 aromatic rings. The zero-order valence-corrected chi connectivity index (χ0v) is 10.4. The van der Waals surface area contributed by atoms with Crippen LogP contribution >= 0.6 is 11.6 Å². The lowest BCUT2D eigenvalue weighted by Crippen LogP contribution is -2.04. The van der Waals surface area contributed by atoms with E-state index in [-0.39, 0.29) is 5.76 Å². The van der Waals surface area contributed by atoms with Crippen LogP contribution in [0.3, 0.4) is 0 Å². The summed E-state index contributed by atoms with van der Waals surface area (Å²) in [5.74, 6) is -0.813. The molecule has 0 atom stereocenters. The third-order valence-electron chi connectivity index (χ3n) is 2.33. The molecular formula is C12H11ClO5. The number of methoxy groups -OCH3 is 1. The van der Waals surface area contributed by atoms with E-state index in [1.165, 1.54) is 6.07 Å². The van der Waals surface area contributed by atoms with Gasteiger partial charge in [0, 0.05) is 18.6 Å². The van der Waals surface area contributed by atoms with Crippen molar-refractivity contribution in [2.24, 2.45) is 0 Å². The molecule has 18 heavy (non-hydrogen) atoms. The molecule has 1 aromatic heterocycles. The number of hydrogen-bond acceptors (Lipinski definition) is 4. The molecule has 0 bridgehead atoms. The molecule has 0 radical (unpaired) electrons. The van der Waals surface area contributed by atoms with E-state index in [4.69, 9.17) is 30.6 Å². The third-order valence-corrected chi connectivity index (χ3v) is 2.62. The van der Waals surface area contributed by atoms with Crippen molar-refractivity contribution >= 4 is 28.5 Å². The van der Waals surface area contributed by atoms with Crippen molar-refractivity contribution < 1.29 is 23.8 Å². The first-order valence-corrected chi connectivity index (χ1v) is 5.57. The Morgan fingerprint density at radius 1 is 1.39 bits per heavy atom. The molecule has 6 heteroatoms. The number of benzene rings is 1. The minimum Gasteiger partial charge on any atom is -0.489 e. The number of carbonyl (C=O) groups is 1. The number of fused-ring (bicyclic) bond motifs is 1. The van der Waals surface area contributed by atoms with Crippen molar-refractivity contribution in [3.8, 4) is 5.75 Å². The highest BCUT2D eigenvalue weighted by Crippen LogP contribution is 2.31. The van der Waals surface area contributed by atoms with Gasteiger partial charge in [0.2, 0.25) is 5.76 Å². The van der Waals surface area contributed by atoms with Crippen LogP contribution in [0.5, 0.6) is 5.75 Å². The van der Waals surface area contributed by atoms with E-state index in [2.05, 4.69) is 0 Å². The summed E-state index contributed by atoms with van der Waals surface area (Å²) in [5.41, 5.74) is 0.421. The first-order chi connectivity index (χ1) is 8.61. The van der Waals surface area contributed by atoms with Gasteiger partial charge in [-0.05, 0) is 12.1 Å². The maximum Gasteiger partial charge on any atom is 0.371 e. The van der Waals surface area contributed by atoms with Gasteiger partial charge in [0.25, 0.3) is 0 Å². The predicted molar refractivity (Wildman–Crippen MR) is 65.6 cm³/mol. The van der Waals surface area contributed by atoms with Crippen molar-refractivity contribution in [2.75, 3.05) is 20.3 Å². The highest BCUT2D eigenvalue weighted by molar-refractivity contribution is 6.32. The Bertz CT molecular complexity index is 575. The van der Waals surface area contributed by atoms with E-state index in [0.29, 0.717) is 35.0 Å². The van der Waals surface area contributed by atoms with Crippen LogP contribution in [-0.4, -0.2) is 31.4 Å². The van der Waals surface area contributed by atoms with Crippen molar-refractivity contribution in [3.63, 3.8) is 0 Å². The second-order valence-electron chi connectivity index (χ2n) is 3.58. The molecule has 0 saturated heterocycles. The van der Waals surface area contributed by atoms with Gasteiger partial charge in [0.05, 0.1) is 11.6 Å². The second kappa shape index (κ2) is 5.29. The Labute approximate surface area is 108 Å². The molecule has 0 aliphatic carbocycles. The van der Waals surface area contributed by atoms with Gasteiger partial charge in [-0.1, -0.05) is 11.6 Å². The summed E-state index contributed by atoms with van der Waals surface area (Å²) in [7, 11) is 1.57. The van der Waals surface area contributed by atoms with Gasteiger partial charge in [-0.2, -0.15) is 0 Å². The number of ether oxygens (including phenoxy) is 2. The maximum absolute atomic E-state index is 10.8. The van der Waals surface area contributed by atoms with Crippen LogP contribution in [0.2, 0.25) is 5.02 Å². The third kappa shape index (κ3) is 2.57. The standard InChI is InChI=1S/C12H11ClO5/c1-16-2-3-17-10-6-9-7(4-8(10)13)5-11(18-9)12(14)15/h4-6H,2-3H2,1H3,(H,14,15). The van der Waals surface area contributed by atoms with Gasteiger partial charge in [-0.25, -0.2) is 4.79 Å². The molecule has 0 amide bonds. The van der Waals surface area contributed by atoms with Crippen LogP contribution in [0, 0.1) is 0 Å². The van der Waals surface area contributed by atoms with Gasteiger partial charge >= 0.3 is 5.97 Å². The Kier molecular flexibility index (Phi) is 3.74. The summed E-state index contributed by atoms with van der Waals surface area (Å²) >= 11 is 6.02. The predicted octanol–water partition coefficient (Wildman–Crippen LogP) is 2.81. The lowest BCUT2D eigenvalue weighted by molar-refractivity contribution is 0.0665. The minimum absolute atomic E-state index is 0.130. The zero-order valence-electron chi connectivity index (χ0n) is 9.60. The van der Waals surface area contributed by atoms with E-state index in [0.717, 1.165) is 0 Å². The smallest absolute Gasteiger partial charge is 0.371 e. The average molecular weight is 271 g/mol. The van der Waals surface area contributed by atoms with Gasteiger partial charge in [-0.15, -0.1) is 0 Å². The molecule has 0 spiro atoms. The fourth-order valence-electron chi connectivity index (χ4n) is 1.49. The second-order valence-corrected chi connectivity index (χ2v) is 3.98. The van der Waals surface area contributed by atoms with Gasteiger partial charge < -0.3 is 19.0 Å². The number of halogens is 1. The molecule has 5 nitrogen and oxygen atoms in total. The first kappa shape index (κ1) is 12.7. The summed E-state index contributed by atoms with van der Waals surface area (Å²) in [6.07, 6.45) is 0. The fourth-order valence-corrected chi connectivity index (χ4v) is 1.72. The topological polar surface area (TPSA) is 68.9 Å². The quantitative estimate of drug-likeness (QED) is 0.846. The highest BCUT2D eigenvalue weighted by atomic mass is 35.5. The SMILES string of the molecule is COCCOc1cc2oc(C(=O)O)cc2cc1Cl. The summed E-state index contributed by atoms with van der Waals surface area (Å²) in [5, 5.41) is 9.84. The van der Waals surface area contributed by atoms with Crippen LogP contribution in [-0.2, 0) is 4.74 Å². The molecule has 1 N–H and O–H groups in total. The van der Waals surface area contributed by atoms with Gasteiger partial charge in [-0.3, -0.25) is 0 Å². The summed E-state index contributed by atoms with van der Waals surface area (Å²) in [4.78, 5) is 10.8. The number of carboxylic acids is 1. The number of hydrogen-bond donors (Lipinski definition) is 1. The fraction of sp³-hybridized carbons (Fsp3) is 0.250. The molecule has 0 aliphatic rings. The van der Waals surface area contributed by atoms with E-state index in [9.17, 15) is 4.79 Å². The molecule has 0 saturated carbocycles. The molecule has 0 unspecified atom stereocenters. The highest BCUT2D eigenvalue weighted by Gasteiger charge is 2.13. The Morgan fingerprint density at radius 3 is 2.83 bits per heavy atom. The molecule has 2 rings (SSSR count). The monoisotopic (exact) mass is 270 g/mol. The van der Waals surface area contributed by atoms with Gasteiger partial charge in [0.15, 0.2) is 0 Å². The summed E-state index contributed by atoms with van der Waals surface area (Å²) in [6.45, 7) is 0.793. The number of carboxylic acid groups (broad SMARTS) is 1. The average Bonchev–Trinajstić information content (AvgIpc) is 2.72. The Morgan fingerprint density at radius 2 is 2.17 bits per heavy atom. The van der Waals surface area contributed by atoms with Crippen LogP contribution in [0.25, 0.3) is 11.0 Å². The van der Waals surface area contributed by atoms with Crippen LogP contribution in [0.4, 0.5) is 0 Å². The van der Waals surface area contributed by atoms with E-state index >= 15 is 0 Å². The van der Waals surface area contributed by atoms with Crippen LogP contribution in [0.1, 0.15) is 10.6 Å². The number of rotatable bonds is 5. The lowest BCUT2D eigenvalue weighted by Gasteiger charge is -2.06. The summed E-state index contributed by atoms with van der Waals surface area (Å²) < 4.78 is 15.4. The van der Waals surface area contributed by atoms with Crippen molar-refractivity contribution in [3.05, 3.63) is 29.0 Å². The molecule has 1 heterocycles. The number of aromatic carboxylic acids is 1. The van der Waals surface area contributed by atoms with Gasteiger partial charge in [0.1, 0.15) is 17.9 Å². The minimum atomic E-state index is -1.12. The number of furan rings is 1. The van der Waals surface area contributed by atoms with Crippen LogP contribution in [0.15, 0.2) is 22.6 Å². The normalized spacial score (nSPS) is 10.8. The summed E-state index contributed by atoms with van der Waals surface area (Å²) in [6, 6.07) is 4.59.